The van der Waals surface area contributed by atoms with E-state index in [1.54, 1.807) is 25.6 Å². The van der Waals surface area contributed by atoms with Crippen LogP contribution < -0.4 is 15.4 Å². The van der Waals surface area contributed by atoms with Gasteiger partial charge in [-0.05, 0) is 25.0 Å². The lowest BCUT2D eigenvalue weighted by atomic mass is 10.2. The molecular weight excluding hydrogens is 318 g/mol. The smallest absolute Gasteiger partial charge is 0.253 e. The number of nitrogens with zero attached hydrogens (tertiary/aromatic N) is 1. The number of aromatic nitrogens is 1. The highest BCUT2D eigenvalue weighted by Gasteiger charge is 2.15. The summed E-state index contributed by atoms with van der Waals surface area (Å²) in [6.07, 6.45) is 5.69. The van der Waals surface area contributed by atoms with Gasteiger partial charge in [-0.1, -0.05) is 18.2 Å². The maximum Gasteiger partial charge on any atom is 0.253 e. The topological polar surface area (TPSA) is 72.5 Å². The Labute approximate surface area is 147 Å². The van der Waals surface area contributed by atoms with Crippen molar-refractivity contribution in [1.82, 2.24) is 10.3 Å². The summed E-state index contributed by atoms with van der Waals surface area (Å²) in [6.45, 7) is 1.96. The van der Waals surface area contributed by atoms with Crippen LogP contribution in [0.1, 0.15) is 28.8 Å². The molecule has 2 heterocycles. The molecule has 1 aromatic heterocycles. The summed E-state index contributed by atoms with van der Waals surface area (Å²) in [4.78, 5) is 16.5. The Morgan fingerprint density at radius 2 is 2.24 bits per heavy atom. The van der Waals surface area contributed by atoms with Gasteiger partial charge >= 0.3 is 0 Å². The van der Waals surface area contributed by atoms with E-state index in [-0.39, 0.29) is 12.0 Å². The number of methoxy groups -OCH3 is 1. The van der Waals surface area contributed by atoms with E-state index in [1.807, 2.05) is 24.3 Å². The van der Waals surface area contributed by atoms with Gasteiger partial charge in [-0.15, -0.1) is 0 Å². The third-order valence-electron chi connectivity index (χ3n) is 4.19. The van der Waals surface area contributed by atoms with Crippen LogP contribution in [0.2, 0.25) is 0 Å². The molecular formula is C19H23N3O3. The van der Waals surface area contributed by atoms with Gasteiger partial charge in [0.25, 0.3) is 5.91 Å². The zero-order chi connectivity index (χ0) is 17.5. The number of benzene rings is 1. The highest BCUT2D eigenvalue weighted by atomic mass is 16.5. The third-order valence-corrected chi connectivity index (χ3v) is 4.19. The zero-order valence-electron chi connectivity index (χ0n) is 14.3. The number of para-hydroxylation sites is 1. The molecule has 1 aliphatic rings. The largest absolute Gasteiger partial charge is 0.496 e. The number of ether oxygens (including phenoxy) is 2. The first-order valence-corrected chi connectivity index (χ1v) is 8.47. The highest BCUT2D eigenvalue weighted by molar-refractivity contribution is 5.94. The Hall–Kier alpha value is -2.60. The first kappa shape index (κ1) is 17.2. The average Bonchev–Trinajstić information content (AvgIpc) is 3.18. The van der Waals surface area contributed by atoms with Gasteiger partial charge in [-0.2, -0.15) is 0 Å². The molecule has 1 saturated heterocycles. The van der Waals surface area contributed by atoms with Gasteiger partial charge in [0, 0.05) is 37.7 Å². The normalized spacial score (nSPS) is 16.4. The number of pyridine rings is 1. The number of anilines is 1. The molecule has 0 radical (unpaired) electrons. The van der Waals surface area contributed by atoms with Crippen molar-refractivity contribution < 1.29 is 14.3 Å². The molecule has 3 rings (SSSR count). The Kier molecular flexibility index (Phi) is 5.85. The fourth-order valence-electron chi connectivity index (χ4n) is 2.82. The molecule has 132 valence electrons. The van der Waals surface area contributed by atoms with Gasteiger partial charge < -0.3 is 20.1 Å². The fourth-order valence-corrected chi connectivity index (χ4v) is 2.82. The van der Waals surface area contributed by atoms with Gasteiger partial charge in [0.15, 0.2) is 0 Å². The van der Waals surface area contributed by atoms with Crippen LogP contribution in [0.5, 0.6) is 5.75 Å². The van der Waals surface area contributed by atoms with E-state index < -0.39 is 0 Å². The van der Waals surface area contributed by atoms with Crippen molar-refractivity contribution in [1.29, 1.82) is 0 Å². The summed E-state index contributed by atoms with van der Waals surface area (Å²) < 4.78 is 10.9. The number of hydrogen-bond donors (Lipinski definition) is 2. The lowest BCUT2D eigenvalue weighted by molar-refractivity contribution is 0.0950. The summed E-state index contributed by atoms with van der Waals surface area (Å²) >= 11 is 0. The van der Waals surface area contributed by atoms with Gasteiger partial charge in [-0.25, -0.2) is 0 Å². The molecule has 0 saturated carbocycles. The number of nitrogens with one attached hydrogen (secondary N) is 2. The van der Waals surface area contributed by atoms with Crippen LogP contribution >= 0.6 is 0 Å². The predicted octanol–water partition coefficient (Wildman–Crippen LogP) is 2.61. The minimum atomic E-state index is -0.167. The summed E-state index contributed by atoms with van der Waals surface area (Å²) in [5.41, 5.74) is 2.27. The molecule has 1 unspecified atom stereocenters. The maximum absolute atomic E-state index is 12.4. The molecule has 2 aromatic rings. The van der Waals surface area contributed by atoms with E-state index in [0.717, 1.165) is 43.0 Å². The van der Waals surface area contributed by atoms with E-state index in [2.05, 4.69) is 15.6 Å². The predicted molar refractivity (Wildman–Crippen MR) is 95.9 cm³/mol. The molecule has 1 atom stereocenters. The van der Waals surface area contributed by atoms with Crippen LogP contribution in [0.3, 0.4) is 0 Å². The number of hydrogen-bond acceptors (Lipinski definition) is 5. The maximum atomic E-state index is 12.4. The van der Waals surface area contributed by atoms with Gasteiger partial charge in [-0.3, -0.25) is 9.78 Å². The summed E-state index contributed by atoms with van der Waals surface area (Å²) in [7, 11) is 1.62. The first-order chi connectivity index (χ1) is 12.3. The van der Waals surface area contributed by atoms with E-state index in [9.17, 15) is 4.79 Å². The molecule has 0 aliphatic carbocycles. The first-order valence-electron chi connectivity index (χ1n) is 8.47. The second-order valence-corrected chi connectivity index (χ2v) is 5.97. The van der Waals surface area contributed by atoms with Crippen LogP contribution in [0.4, 0.5) is 5.69 Å². The van der Waals surface area contributed by atoms with Gasteiger partial charge in [0.2, 0.25) is 0 Å². The van der Waals surface area contributed by atoms with Crippen LogP contribution in [0.25, 0.3) is 0 Å². The molecule has 6 nitrogen and oxygen atoms in total. The van der Waals surface area contributed by atoms with Crippen molar-refractivity contribution in [3.05, 3.63) is 53.9 Å². The van der Waals surface area contributed by atoms with Crippen molar-refractivity contribution in [2.24, 2.45) is 0 Å². The lowest BCUT2D eigenvalue weighted by Gasteiger charge is -2.13. The minimum absolute atomic E-state index is 0.167. The van der Waals surface area contributed by atoms with Crippen molar-refractivity contribution in [3.63, 3.8) is 0 Å². The average molecular weight is 341 g/mol. The summed E-state index contributed by atoms with van der Waals surface area (Å²) in [5, 5.41) is 6.19. The third kappa shape index (κ3) is 4.70. The molecule has 2 N–H and O–H groups in total. The van der Waals surface area contributed by atoms with Crippen LogP contribution in [-0.2, 0) is 11.3 Å². The number of carbonyl (C=O) groups is 1. The standard InChI is InChI=1S/C19H23N3O3/c1-24-18-7-3-2-5-14(18)11-22-19(23)15-9-16(12-20-10-15)21-13-17-6-4-8-25-17/h2-3,5,7,9-10,12,17,21H,4,6,8,11,13H2,1H3,(H,22,23). The van der Waals surface area contributed by atoms with E-state index in [1.165, 1.54) is 0 Å². The van der Waals surface area contributed by atoms with Crippen molar-refractivity contribution in [2.45, 2.75) is 25.5 Å². The minimum Gasteiger partial charge on any atom is -0.496 e. The molecule has 0 spiro atoms. The zero-order valence-corrected chi connectivity index (χ0v) is 14.3. The van der Waals surface area contributed by atoms with E-state index >= 15 is 0 Å². The van der Waals surface area contributed by atoms with E-state index in [0.29, 0.717) is 12.1 Å². The molecule has 1 aromatic carbocycles. The molecule has 1 amide bonds. The Balaban J connectivity index is 1.57. The fraction of sp³-hybridized carbons (Fsp3) is 0.368. The van der Waals surface area contributed by atoms with Crippen molar-refractivity contribution >= 4 is 11.6 Å². The Bertz CT molecular complexity index is 715. The van der Waals surface area contributed by atoms with Crippen LogP contribution in [-0.4, -0.2) is 37.3 Å². The number of amides is 1. The summed E-state index contributed by atoms with van der Waals surface area (Å²) in [6, 6.07) is 9.42. The lowest BCUT2D eigenvalue weighted by Crippen LogP contribution is -2.23. The van der Waals surface area contributed by atoms with Crippen LogP contribution in [0, 0.1) is 0 Å². The molecule has 1 aliphatic heterocycles. The van der Waals surface area contributed by atoms with Crippen molar-refractivity contribution in [3.8, 4) is 5.75 Å². The quantitative estimate of drug-likeness (QED) is 0.810. The highest BCUT2D eigenvalue weighted by Crippen LogP contribution is 2.17. The van der Waals surface area contributed by atoms with Crippen LogP contribution in [0.15, 0.2) is 42.7 Å². The number of carbonyl (C=O) groups excluding carboxylic acids is 1. The Morgan fingerprint density at radius 1 is 1.36 bits per heavy atom. The summed E-state index contributed by atoms with van der Waals surface area (Å²) in [5.74, 6) is 0.590. The van der Waals surface area contributed by atoms with E-state index in [4.69, 9.17) is 9.47 Å². The van der Waals surface area contributed by atoms with Gasteiger partial charge in [0.05, 0.1) is 24.5 Å². The molecule has 6 heteroatoms. The molecule has 25 heavy (non-hydrogen) atoms. The SMILES string of the molecule is COc1ccccc1CNC(=O)c1cncc(NCC2CCCO2)c1. The second kappa shape index (κ2) is 8.48. The molecule has 0 bridgehead atoms. The second-order valence-electron chi connectivity index (χ2n) is 5.97. The van der Waals surface area contributed by atoms with Gasteiger partial charge in [0.1, 0.15) is 5.75 Å². The molecule has 1 fully saturated rings. The Morgan fingerprint density at radius 3 is 3.04 bits per heavy atom. The number of rotatable bonds is 7. The van der Waals surface area contributed by atoms with Crippen molar-refractivity contribution in [2.75, 3.05) is 25.6 Å². The monoisotopic (exact) mass is 341 g/mol.